The number of anilines is 2. The summed E-state index contributed by atoms with van der Waals surface area (Å²) in [6, 6.07) is 18.8. The highest BCUT2D eigenvalue weighted by Crippen LogP contribution is 2.45. The summed E-state index contributed by atoms with van der Waals surface area (Å²) in [6.45, 7) is 3.98. The molecule has 0 radical (unpaired) electrons. The molecule has 3 aromatic rings. The molecule has 1 unspecified atom stereocenters. The summed E-state index contributed by atoms with van der Waals surface area (Å²) >= 11 is 0. The van der Waals surface area contributed by atoms with E-state index in [1.165, 1.54) is 0 Å². The van der Waals surface area contributed by atoms with Gasteiger partial charge in [0.25, 0.3) is 5.91 Å². The number of hydrogen-bond donors (Lipinski definition) is 1. The number of β-lactam (4-membered cyclic amide) rings is 1. The van der Waals surface area contributed by atoms with Crippen molar-refractivity contribution in [3.05, 3.63) is 89.7 Å². The second-order valence-electron chi connectivity index (χ2n) is 7.16. The van der Waals surface area contributed by atoms with Gasteiger partial charge in [-0.3, -0.25) is 19.5 Å². The van der Waals surface area contributed by atoms with Gasteiger partial charge < -0.3 is 5.32 Å². The lowest BCUT2D eigenvalue weighted by molar-refractivity contribution is -0.137. The molecule has 2 heterocycles. The van der Waals surface area contributed by atoms with Crippen molar-refractivity contribution in [1.82, 2.24) is 4.98 Å². The Morgan fingerprint density at radius 3 is 2.21 bits per heavy atom. The molecule has 1 atom stereocenters. The first-order valence-electron chi connectivity index (χ1n) is 9.19. The molecule has 1 aliphatic rings. The first-order valence-corrected chi connectivity index (χ1v) is 9.19. The molecule has 1 aromatic heterocycles. The summed E-state index contributed by atoms with van der Waals surface area (Å²) in [5.74, 6) is -0.337. The molecule has 140 valence electrons. The largest absolute Gasteiger partial charge is 0.324 e. The Balaban J connectivity index is 1.77. The minimum absolute atomic E-state index is 0.0910. The Hall–Kier alpha value is -3.47. The van der Waals surface area contributed by atoms with Gasteiger partial charge in [-0.2, -0.15) is 0 Å². The lowest BCUT2D eigenvalue weighted by Gasteiger charge is -2.50. The van der Waals surface area contributed by atoms with Crippen LogP contribution in [0.3, 0.4) is 0 Å². The molecule has 1 N–H and O–H groups in total. The average molecular weight is 371 g/mol. The number of benzene rings is 2. The van der Waals surface area contributed by atoms with E-state index in [2.05, 4.69) is 10.3 Å². The molecule has 1 fully saturated rings. The van der Waals surface area contributed by atoms with Gasteiger partial charge in [-0.25, -0.2) is 0 Å². The number of carbonyl (C=O) groups excluding carboxylic acids is 2. The van der Waals surface area contributed by atoms with Crippen molar-refractivity contribution < 1.29 is 9.59 Å². The standard InChI is InChI=1S/C23H21N3O2/c1-16-5-9-19(10-6-16)25-22(28)23(18-4-3-13-24-15-18)14-21(27)26(23)20-11-7-17(2)8-12-20/h3-13,15H,14H2,1-2H3,(H,25,28). The van der Waals surface area contributed by atoms with Crippen LogP contribution in [-0.4, -0.2) is 16.8 Å². The molecule has 0 spiro atoms. The second kappa shape index (κ2) is 6.93. The molecule has 28 heavy (non-hydrogen) atoms. The van der Waals surface area contributed by atoms with Crippen molar-refractivity contribution in [2.75, 3.05) is 10.2 Å². The van der Waals surface area contributed by atoms with Gasteiger partial charge in [0, 0.05) is 29.3 Å². The van der Waals surface area contributed by atoms with Crippen molar-refractivity contribution >= 4 is 23.2 Å². The Morgan fingerprint density at radius 1 is 1.00 bits per heavy atom. The fourth-order valence-electron chi connectivity index (χ4n) is 3.58. The van der Waals surface area contributed by atoms with Crippen molar-refractivity contribution in [3.63, 3.8) is 0 Å². The maximum absolute atomic E-state index is 13.5. The Labute approximate surface area is 164 Å². The summed E-state index contributed by atoms with van der Waals surface area (Å²) < 4.78 is 0. The van der Waals surface area contributed by atoms with Crippen molar-refractivity contribution in [2.24, 2.45) is 0 Å². The predicted octanol–water partition coefficient (Wildman–Crippen LogP) is 3.97. The Morgan fingerprint density at radius 2 is 1.64 bits per heavy atom. The number of aryl methyl sites for hydroxylation is 2. The topological polar surface area (TPSA) is 62.3 Å². The van der Waals surface area contributed by atoms with Gasteiger partial charge in [0.05, 0.1) is 6.42 Å². The number of amides is 2. The third-order valence-corrected chi connectivity index (χ3v) is 5.15. The van der Waals surface area contributed by atoms with Crippen LogP contribution in [0.5, 0.6) is 0 Å². The molecule has 5 heteroatoms. The fraction of sp³-hybridized carbons (Fsp3) is 0.174. The van der Waals surface area contributed by atoms with Gasteiger partial charge in [-0.15, -0.1) is 0 Å². The third kappa shape index (κ3) is 2.95. The van der Waals surface area contributed by atoms with E-state index >= 15 is 0 Å². The van der Waals surface area contributed by atoms with Gasteiger partial charge in [0.1, 0.15) is 0 Å². The van der Waals surface area contributed by atoms with E-state index in [1.807, 2.05) is 68.4 Å². The summed E-state index contributed by atoms with van der Waals surface area (Å²) in [5, 5.41) is 2.98. The van der Waals surface area contributed by atoms with Gasteiger partial charge in [0.2, 0.25) is 5.91 Å². The smallest absolute Gasteiger partial charge is 0.255 e. The van der Waals surface area contributed by atoms with E-state index in [1.54, 1.807) is 23.4 Å². The van der Waals surface area contributed by atoms with E-state index in [9.17, 15) is 9.59 Å². The average Bonchev–Trinajstić information content (AvgIpc) is 2.70. The Bertz CT molecular complexity index is 1010. The number of nitrogens with zero attached hydrogens (tertiary/aromatic N) is 2. The molecule has 0 saturated carbocycles. The molecule has 5 nitrogen and oxygen atoms in total. The third-order valence-electron chi connectivity index (χ3n) is 5.15. The Kier molecular flexibility index (Phi) is 4.43. The lowest BCUT2D eigenvalue weighted by Crippen LogP contribution is -2.67. The highest BCUT2D eigenvalue weighted by molar-refractivity contribution is 6.17. The minimum atomic E-state index is -1.12. The van der Waals surface area contributed by atoms with Crippen LogP contribution in [0.25, 0.3) is 0 Å². The summed E-state index contributed by atoms with van der Waals surface area (Å²) in [6.07, 6.45) is 3.42. The SMILES string of the molecule is Cc1ccc(NC(=O)C2(c3cccnc3)CC(=O)N2c2ccc(C)cc2)cc1. The van der Waals surface area contributed by atoms with Crippen LogP contribution < -0.4 is 10.2 Å². The number of nitrogens with one attached hydrogen (secondary N) is 1. The monoisotopic (exact) mass is 371 g/mol. The number of pyridine rings is 1. The van der Waals surface area contributed by atoms with Crippen LogP contribution in [0.4, 0.5) is 11.4 Å². The summed E-state index contributed by atoms with van der Waals surface area (Å²) in [7, 11) is 0. The highest BCUT2D eigenvalue weighted by atomic mass is 16.2. The van der Waals surface area contributed by atoms with Crippen LogP contribution in [0, 0.1) is 13.8 Å². The van der Waals surface area contributed by atoms with Gasteiger partial charge in [-0.05, 0) is 44.2 Å². The quantitative estimate of drug-likeness (QED) is 0.706. The van der Waals surface area contributed by atoms with Crippen LogP contribution in [-0.2, 0) is 15.1 Å². The molecule has 4 rings (SSSR count). The number of hydrogen-bond acceptors (Lipinski definition) is 3. The minimum Gasteiger partial charge on any atom is -0.324 e. The zero-order chi connectivity index (χ0) is 19.7. The summed E-state index contributed by atoms with van der Waals surface area (Å²) in [4.78, 5) is 31.9. The van der Waals surface area contributed by atoms with Crippen molar-refractivity contribution in [1.29, 1.82) is 0 Å². The molecule has 2 amide bonds. The van der Waals surface area contributed by atoms with Crippen LogP contribution in [0.1, 0.15) is 23.1 Å². The number of carbonyl (C=O) groups is 2. The maximum Gasteiger partial charge on any atom is 0.255 e. The van der Waals surface area contributed by atoms with Gasteiger partial charge in [-0.1, -0.05) is 41.5 Å². The lowest BCUT2D eigenvalue weighted by atomic mass is 9.76. The van der Waals surface area contributed by atoms with Crippen molar-refractivity contribution in [3.8, 4) is 0 Å². The van der Waals surface area contributed by atoms with Crippen LogP contribution in [0.15, 0.2) is 73.1 Å². The molecule has 1 aliphatic heterocycles. The molecular weight excluding hydrogens is 350 g/mol. The van der Waals surface area contributed by atoms with Crippen LogP contribution >= 0.6 is 0 Å². The van der Waals surface area contributed by atoms with E-state index < -0.39 is 5.54 Å². The first kappa shape index (κ1) is 17.9. The van der Waals surface area contributed by atoms with Crippen molar-refractivity contribution in [2.45, 2.75) is 25.8 Å². The predicted molar refractivity (Wildman–Crippen MR) is 109 cm³/mol. The molecular formula is C23H21N3O2. The number of rotatable bonds is 4. The molecule has 0 bridgehead atoms. The zero-order valence-electron chi connectivity index (χ0n) is 15.8. The first-order chi connectivity index (χ1) is 13.5. The summed E-state index contributed by atoms with van der Waals surface area (Å²) in [5.41, 5.74) is 3.17. The molecule has 2 aromatic carbocycles. The van der Waals surface area contributed by atoms with E-state index in [4.69, 9.17) is 0 Å². The van der Waals surface area contributed by atoms with E-state index in [0.717, 1.165) is 11.1 Å². The maximum atomic E-state index is 13.5. The molecule has 0 aliphatic carbocycles. The van der Waals surface area contributed by atoms with E-state index in [-0.39, 0.29) is 18.2 Å². The fourth-order valence-corrected chi connectivity index (χ4v) is 3.58. The van der Waals surface area contributed by atoms with E-state index in [0.29, 0.717) is 16.9 Å². The van der Waals surface area contributed by atoms with Gasteiger partial charge in [0.15, 0.2) is 5.54 Å². The second-order valence-corrected chi connectivity index (χ2v) is 7.16. The van der Waals surface area contributed by atoms with Gasteiger partial charge >= 0.3 is 0 Å². The zero-order valence-corrected chi connectivity index (χ0v) is 15.8. The number of aromatic nitrogens is 1. The normalized spacial score (nSPS) is 18.5. The van der Waals surface area contributed by atoms with Crippen LogP contribution in [0.2, 0.25) is 0 Å². The highest BCUT2D eigenvalue weighted by Gasteiger charge is 2.58. The molecule has 1 saturated heterocycles.